The number of amides is 1. The Bertz CT molecular complexity index is 445. The lowest BCUT2D eigenvalue weighted by molar-refractivity contribution is -0.122. The Hall–Kier alpha value is -1.75. The minimum Gasteiger partial charge on any atom is -0.492 e. The number of nitrogen functional groups attached to an aromatic ring is 1. The van der Waals surface area contributed by atoms with Crippen molar-refractivity contribution in [3.63, 3.8) is 0 Å². The van der Waals surface area contributed by atoms with Crippen LogP contribution in [-0.2, 0) is 9.53 Å². The average Bonchev–Trinajstić information content (AvgIpc) is 2.51. The number of anilines is 1. The highest BCUT2D eigenvalue weighted by Crippen LogP contribution is 2.17. The van der Waals surface area contributed by atoms with Crippen molar-refractivity contribution in [2.45, 2.75) is 38.2 Å². The molecule has 3 N–H and O–H groups in total. The second-order valence-corrected chi connectivity index (χ2v) is 5.30. The molecule has 1 unspecified atom stereocenters. The van der Waals surface area contributed by atoms with Crippen LogP contribution in [0, 0.1) is 0 Å². The van der Waals surface area contributed by atoms with Crippen molar-refractivity contribution in [1.29, 1.82) is 0 Å². The summed E-state index contributed by atoms with van der Waals surface area (Å²) in [5.41, 5.74) is 6.33. The molecule has 1 aliphatic heterocycles. The van der Waals surface area contributed by atoms with Crippen LogP contribution in [0.4, 0.5) is 5.69 Å². The standard InChI is InChI=1S/C16H24N2O3/c17-13-4-3-6-15(12-13)21-11-9-18-16(19)8-7-14-5-1-2-10-20-14/h3-4,6,12,14H,1-2,5,7-11,17H2,(H,18,19). The lowest BCUT2D eigenvalue weighted by Crippen LogP contribution is -2.29. The molecule has 0 spiro atoms. The van der Waals surface area contributed by atoms with Crippen LogP contribution in [0.1, 0.15) is 32.1 Å². The number of hydrogen-bond acceptors (Lipinski definition) is 4. The molecule has 0 aliphatic carbocycles. The van der Waals surface area contributed by atoms with Gasteiger partial charge in [0.15, 0.2) is 0 Å². The molecule has 21 heavy (non-hydrogen) atoms. The first-order valence-corrected chi connectivity index (χ1v) is 7.60. The third-order valence-electron chi connectivity index (χ3n) is 3.52. The first kappa shape index (κ1) is 15.6. The summed E-state index contributed by atoms with van der Waals surface area (Å²) < 4.78 is 11.1. The maximum atomic E-state index is 11.7. The third-order valence-corrected chi connectivity index (χ3v) is 3.52. The van der Waals surface area contributed by atoms with Gasteiger partial charge in [-0.05, 0) is 37.8 Å². The monoisotopic (exact) mass is 292 g/mol. The number of hydrogen-bond donors (Lipinski definition) is 2. The topological polar surface area (TPSA) is 73.6 Å². The Morgan fingerprint density at radius 1 is 1.43 bits per heavy atom. The predicted octanol–water partition coefficient (Wildman–Crippen LogP) is 2.11. The van der Waals surface area contributed by atoms with Crippen LogP contribution >= 0.6 is 0 Å². The fourth-order valence-electron chi connectivity index (χ4n) is 2.38. The number of carbonyl (C=O) groups is 1. The van der Waals surface area contributed by atoms with Crippen LogP contribution < -0.4 is 15.8 Å². The van der Waals surface area contributed by atoms with Crippen LogP contribution in [0.3, 0.4) is 0 Å². The number of nitrogens with two attached hydrogens (primary N) is 1. The second-order valence-electron chi connectivity index (χ2n) is 5.30. The summed E-state index contributed by atoms with van der Waals surface area (Å²) in [6.07, 6.45) is 5.01. The molecule has 0 saturated carbocycles. The molecule has 116 valence electrons. The second kappa shape index (κ2) is 8.52. The van der Waals surface area contributed by atoms with Gasteiger partial charge in [-0.1, -0.05) is 6.07 Å². The Morgan fingerprint density at radius 2 is 2.33 bits per heavy atom. The van der Waals surface area contributed by atoms with Crippen molar-refractivity contribution in [2.75, 3.05) is 25.5 Å². The molecule has 1 atom stereocenters. The van der Waals surface area contributed by atoms with Gasteiger partial charge in [0.25, 0.3) is 0 Å². The summed E-state index contributed by atoms with van der Waals surface area (Å²) in [6, 6.07) is 7.26. The molecule has 1 fully saturated rings. The van der Waals surface area contributed by atoms with Crippen molar-refractivity contribution < 1.29 is 14.3 Å². The molecule has 0 radical (unpaired) electrons. The van der Waals surface area contributed by atoms with E-state index in [1.54, 1.807) is 6.07 Å². The molecule has 5 nitrogen and oxygen atoms in total. The molecular weight excluding hydrogens is 268 g/mol. The lowest BCUT2D eigenvalue weighted by atomic mass is 10.0. The van der Waals surface area contributed by atoms with Gasteiger partial charge in [-0.2, -0.15) is 0 Å². The van der Waals surface area contributed by atoms with Gasteiger partial charge in [-0.15, -0.1) is 0 Å². The normalized spacial score (nSPS) is 18.2. The Balaban J connectivity index is 1.54. The summed E-state index contributed by atoms with van der Waals surface area (Å²) in [5.74, 6) is 0.778. The van der Waals surface area contributed by atoms with Crippen LogP contribution in [0.25, 0.3) is 0 Å². The molecule has 1 amide bonds. The van der Waals surface area contributed by atoms with Crippen molar-refractivity contribution in [2.24, 2.45) is 0 Å². The first-order chi connectivity index (χ1) is 10.2. The predicted molar refractivity (Wildman–Crippen MR) is 82.2 cm³/mol. The van der Waals surface area contributed by atoms with E-state index in [9.17, 15) is 4.79 Å². The quantitative estimate of drug-likeness (QED) is 0.596. The summed E-state index contributed by atoms with van der Waals surface area (Å²) in [5, 5.41) is 2.86. The van der Waals surface area contributed by atoms with Gasteiger partial charge in [0.1, 0.15) is 12.4 Å². The average molecular weight is 292 g/mol. The molecule has 1 aromatic carbocycles. The van der Waals surface area contributed by atoms with Gasteiger partial charge < -0.3 is 20.5 Å². The zero-order valence-corrected chi connectivity index (χ0v) is 12.3. The van der Waals surface area contributed by atoms with E-state index < -0.39 is 0 Å². The van der Waals surface area contributed by atoms with Crippen LogP contribution in [0.15, 0.2) is 24.3 Å². The number of ether oxygens (including phenoxy) is 2. The first-order valence-electron chi connectivity index (χ1n) is 7.60. The molecule has 1 saturated heterocycles. The smallest absolute Gasteiger partial charge is 0.220 e. The minimum atomic E-state index is 0.0559. The van der Waals surface area contributed by atoms with Crippen molar-refractivity contribution in [3.05, 3.63) is 24.3 Å². The van der Waals surface area contributed by atoms with Gasteiger partial charge in [0.2, 0.25) is 5.91 Å². The van der Waals surface area contributed by atoms with E-state index in [-0.39, 0.29) is 12.0 Å². The van der Waals surface area contributed by atoms with Gasteiger partial charge in [0, 0.05) is 24.8 Å². The summed E-state index contributed by atoms with van der Waals surface area (Å²) in [4.78, 5) is 11.7. The number of carbonyl (C=O) groups excluding carboxylic acids is 1. The van der Waals surface area contributed by atoms with E-state index in [2.05, 4.69) is 5.32 Å². The van der Waals surface area contributed by atoms with E-state index >= 15 is 0 Å². The van der Waals surface area contributed by atoms with Crippen molar-refractivity contribution in [1.82, 2.24) is 5.32 Å². The van der Waals surface area contributed by atoms with E-state index in [4.69, 9.17) is 15.2 Å². The minimum absolute atomic E-state index is 0.0559. The van der Waals surface area contributed by atoms with Crippen molar-refractivity contribution >= 4 is 11.6 Å². The van der Waals surface area contributed by atoms with E-state index in [0.29, 0.717) is 25.3 Å². The van der Waals surface area contributed by atoms with Crippen LogP contribution in [-0.4, -0.2) is 31.8 Å². The summed E-state index contributed by atoms with van der Waals surface area (Å²) in [7, 11) is 0. The number of rotatable bonds is 7. The summed E-state index contributed by atoms with van der Waals surface area (Å²) in [6.45, 7) is 1.77. The molecule has 0 bridgehead atoms. The Kier molecular flexibility index (Phi) is 6.34. The van der Waals surface area contributed by atoms with E-state index in [0.717, 1.165) is 31.6 Å². The SMILES string of the molecule is Nc1cccc(OCCNC(=O)CCC2CCCCO2)c1. The Morgan fingerprint density at radius 3 is 3.10 bits per heavy atom. The van der Waals surface area contributed by atoms with E-state index in [1.165, 1.54) is 6.42 Å². The largest absolute Gasteiger partial charge is 0.492 e. The molecular formula is C16H24N2O3. The van der Waals surface area contributed by atoms with Gasteiger partial charge in [-0.25, -0.2) is 0 Å². The highest BCUT2D eigenvalue weighted by Gasteiger charge is 2.14. The third kappa shape index (κ3) is 6.04. The van der Waals surface area contributed by atoms with Crippen LogP contribution in [0.2, 0.25) is 0 Å². The van der Waals surface area contributed by atoms with Gasteiger partial charge in [0.05, 0.1) is 12.6 Å². The molecule has 5 heteroatoms. The van der Waals surface area contributed by atoms with Gasteiger partial charge >= 0.3 is 0 Å². The number of nitrogens with one attached hydrogen (secondary N) is 1. The van der Waals surface area contributed by atoms with E-state index in [1.807, 2.05) is 18.2 Å². The molecule has 1 heterocycles. The summed E-state index contributed by atoms with van der Waals surface area (Å²) >= 11 is 0. The maximum absolute atomic E-state index is 11.7. The van der Waals surface area contributed by atoms with Crippen LogP contribution in [0.5, 0.6) is 5.75 Å². The molecule has 1 aliphatic rings. The number of benzene rings is 1. The fourth-order valence-corrected chi connectivity index (χ4v) is 2.38. The lowest BCUT2D eigenvalue weighted by Gasteiger charge is -2.22. The molecule has 0 aromatic heterocycles. The Labute approximate surface area is 125 Å². The zero-order chi connectivity index (χ0) is 14.9. The molecule has 1 aromatic rings. The van der Waals surface area contributed by atoms with Gasteiger partial charge in [-0.3, -0.25) is 4.79 Å². The molecule has 2 rings (SSSR count). The fraction of sp³-hybridized carbons (Fsp3) is 0.562. The highest BCUT2D eigenvalue weighted by atomic mass is 16.5. The van der Waals surface area contributed by atoms with Crippen molar-refractivity contribution in [3.8, 4) is 5.75 Å². The highest BCUT2D eigenvalue weighted by molar-refractivity contribution is 5.75. The maximum Gasteiger partial charge on any atom is 0.220 e. The zero-order valence-electron chi connectivity index (χ0n) is 12.3.